The van der Waals surface area contributed by atoms with Gasteiger partial charge in [-0.15, -0.1) is 0 Å². The first-order valence-electron chi connectivity index (χ1n) is 16.9. The summed E-state index contributed by atoms with van der Waals surface area (Å²) in [5.74, 6) is 4.76. The van der Waals surface area contributed by atoms with Gasteiger partial charge in [-0.25, -0.2) is 0 Å². The molecule has 1 heteroatoms. The van der Waals surface area contributed by atoms with Crippen LogP contribution in [0.1, 0.15) is 160 Å². The Balaban J connectivity index is 1.27. The van der Waals surface area contributed by atoms with Gasteiger partial charge in [-0.3, -0.25) is 4.79 Å². The van der Waals surface area contributed by atoms with E-state index in [0.717, 1.165) is 30.6 Å². The van der Waals surface area contributed by atoms with Gasteiger partial charge in [0.05, 0.1) is 0 Å². The van der Waals surface area contributed by atoms with Crippen molar-refractivity contribution in [2.24, 2.45) is 29.6 Å². The average molecular weight is 519 g/mol. The standard InChI is InChI=1S/C37H58O/c1-4-6-7-8-9-10-13-29-16-20-32(21-17-29)36-25-24-33(27-37(36)38)35-15-12-11-14-34(35)31-22-18-30(19-23-31)26-28(3)5-2/h11-12,14-15,27-32,36H,4-10,13,16-26H2,1-3H3/t28?,29-,30-,31-,32-,36?. The molecule has 0 N–H and O–H groups in total. The number of allylic oxidation sites excluding steroid dienone is 2. The quantitative estimate of drug-likeness (QED) is 0.237. The zero-order chi connectivity index (χ0) is 26.7. The summed E-state index contributed by atoms with van der Waals surface area (Å²) in [4.78, 5) is 13.4. The molecule has 0 heterocycles. The minimum Gasteiger partial charge on any atom is -0.295 e. The first-order chi connectivity index (χ1) is 18.6. The molecular weight excluding hydrogens is 460 g/mol. The second kappa shape index (κ2) is 15.4. The summed E-state index contributed by atoms with van der Waals surface area (Å²) >= 11 is 0. The maximum atomic E-state index is 13.4. The lowest BCUT2D eigenvalue weighted by Gasteiger charge is -2.35. The van der Waals surface area contributed by atoms with Crippen LogP contribution in [0.5, 0.6) is 0 Å². The van der Waals surface area contributed by atoms with Crippen molar-refractivity contribution in [3.05, 3.63) is 41.5 Å². The number of rotatable bonds is 13. The highest BCUT2D eigenvalue weighted by atomic mass is 16.1. The highest BCUT2D eigenvalue weighted by molar-refractivity contribution is 6.00. The first-order valence-corrected chi connectivity index (χ1v) is 16.9. The largest absolute Gasteiger partial charge is 0.295 e. The maximum absolute atomic E-state index is 13.4. The zero-order valence-corrected chi connectivity index (χ0v) is 25.2. The maximum Gasteiger partial charge on any atom is 0.159 e. The molecule has 2 fully saturated rings. The van der Waals surface area contributed by atoms with E-state index in [4.69, 9.17) is 0 Å². The van der Waals surface area contributed by atoms with E-state index in [1.807, 2.05) is 0 Å². The van der Waals surface area contributed by atoms with Gasteiger partial charge in [0.2, 0.25) is 0 Å². The smallest absolute Gasteiger partial charge is 0.159 e. The van der Waals surface area contributed by atoms with E-state index in [1.165, 1.54) is 126 Å². The number of carbonyl (C=O) groups excluding carboxylic acids is 1. The van der Waals surface area contributed by atoms with Gasteiger partial charge < -0.3 is 0 Å². The van der Waals surface area contributed by atoms with E-state index in [-0.39, 0.29) is 5.92 Å². The third kappa shape index (κ3) is 8.32. The SMILES string of the molecule is CCCCCCCC[C@H]1CC[C@H](C2CCC(c3ccccc3[C@H]3CC[C@H](CC(C)CC)CC3)=CC2=O)CC1. The summed E-state index contributed by atoms with van der Waals surface area (Å²) in [6.45, 7) is 7.05. The Kier molecular flexibility index (Phi) is 12.0. The molecule has 0 aromatic heterocycles. The molecule has 212 valence electrons. The summed E-state index contributed by atoms with van der Waals surface area (Å²) in [6, 6.07) is 9.10. The van der Waals surface area contributed by atoms with Crippen LogP contribution in [-0.4, -0.2) is 5.78 Å². The Hall–Kier alpha value is -1.37. The summed E-state index contributed by atoms with van der Waals surface area (Å²) in [5.41, 5.74) is 4.26. The number of hydrogen-bond acceptors (Lipinski definition) is 1. The van der Waals surface area contributed by atoms with Crippen molar-refractivity contribution in [2.45, 2.75) is 149 Å². The number of ketones is 1. The molecule has 1 nitrogen and oxygen atoms in total. The lowest BCUT2D eigenvalue weighted by Crippen LogP contribution is -2.29. The van der Waals surface area contributed by atoms with Crippen molar-refractivity contribution in [3.63, 3.8) is 0 Å². The van der Waals surface area contributed by atoms with Crippen LogP contribution in [0, 0.1) is 29.6 Å². The third-order valence-corrected chi connectivity index (χ3v) is 10.9. The molecule has 2 atom stereocenters. The molecule has 1 aromatic carbocycles. The molecule has 3 aliphatic rings. The van der Waals surface area contributed by atoms with E-state index in [2.05, 4.69) is 51.1 Å². The van der Waals surface area contributed by atoms with Crippen LogP contribution < -0.4 is 0 Å². The molecule has 0 bridgehead atoms. The highest BCUT2D eigenvalue weighted by Crippen LogP contribution is 2.44. The van der Waals surface area contributed by atoms with Crippen molar-refractivity contribution in [1.29, 1.82) is 0 Å². The molecule has 1 aromatic rings. The molecule has 0 saturated heterocycles. The Labute approximate surface area is 235 Å². The van der Waals surface area contributed by atoms with Crippen LogP contribution in [0.15, 0.2) is 30.3 Å². The predicted molar refractivity (Wildman–Crippen MR) is 164 cm³/mol. The monoisotopic (exact) mass is 518 g/mol. The fraction of sp³-hybridized carbons (Fsp3) is 0.757. The van der Waals surface area contributed by atoms with Crippen molar-refractivity contribution >= 4 is 11.4 Å². The van der Waals surface area contributed by atoms with Gasteiger partial charge in [0.1, 0.15) is 0 Å². The number of benzene rings is 1. The minimum atomic E-state index is 0.289. The van der Waals surface area contributed by atoms with Gasteiger partial charge in [-0.2, -0.15) is 0 Å². The lowest BCUT2D eigenvalue weighted by molar-refractivity contribution is -0.120. The van der Waals surface area contributed by atoms with E-state index >= 15 is 0 Å². The number of carbonyl (C=O) groups is 1. The van der Waals surface area contributed by atoms with Crippen LogP contribution in [0.3, 0.4) is 0 Å². The van der Waals surface area contributed by atoms with Crippen LogP contribution in [-0.2, 0) is 4.79 Å². The fourth-order valence-electron chi connectivity index (χ4n) is 8.17. The highest BCUT2D eigenvalue weighted by Gasteiger charge is 2.34. The Morgan fingerprint density at radius 2 is 1.47 bits per heavy atom. The molecule has 0 aliphatic heterocycles. The van der Waals surface area contributed by atoms with Crippen LogP contribution in [0.25, 0.3) is 5.57 Å². The molecule has 4 rings (SSSR count). The topological polar surface area (TPSA) is 17.1 Å². The molecule has 2 unspecified atom stereocenters. The van der Waals surface area contributed by atoms with Gasteiger partial charge in [-0.1, -0.05) is 109 Å². The van der Waals surface area contributed by atoms with Gasteiger partial charge in [0.25, 0.3) is 0 Å². The van der Waals surface area contributed by atoms with Gasteiger partial charge >= 0.3 is 0 Å². The van der Waals surface area contributed by atoms with E-state index in [1.54, 1.807) is 0 Å². The van der Waals surface area contributed by atoms with Crippen molar-refractivity contribution in [1.82, 2.24) is 0 Å². The second-order valence-corrected chi connectivity index (χ2v) is 13.6. The van der Waals surface area contributed by atoms with Crippen LogP contribution in [0.2, 0.25) is 0 Å². The molecule has 0 radical (unpaired) electrons. The fourth-order valence-corrected chi connectivity index (χ4v) is 8.17. The molecular formula is C37H58O. The molecule has 38 heavy (non-hydrogen) atoms. The Morgan fingerprint density at radius 3 is 2.18 bits per heavy atom. The second-order valence-electron chi connectivity index (χ2n) is 13.6. The van der Waals surface area contributed by atoms with Crippen molar-refractivity contribution in [3.8, 4) is 0 Å². The molecule has 2 saturated carbocycles. The summed E-state index contributed by atoms with van der Waals surface area (Å²) in [7, 11) is 0. The molecule has 0 spiro atoms. The Bertz CT molecular complexity index is 864. The lowest BCUT2D eigenvalue weighted by atomic mass is 9.69. The van der Waals surface area contributed by atoms with E-state index < -0.39 is 0 Å². The zero-order valence-electron chi connectivity index (χ0n) is 25.2. The summed E-state index contributed by atoms with van der Waals surface area (Å²) in [5, 5.41) is 0. The minimum absolute atomic E-state index is 0.289. The van der Waals surface area contributed by atoms with Gasteiger partial charge in [0, 0.05) is 5.92 Å². The third-order valence-electron chi connectivity index (χ3n) is 10.9. The summed E-state index contributed by atoms with van der Waals surface area (Å²) in [6.07, 6.45) is 27.6. The normalized spacial score (nSPS) is 29.2. The van der Waals surface area contributed by atoms with Crippen LogP contribution in [0.4, 0.5) is 0 Å². The van der Waals surface area contributed by atoms with Gasteiger partial charge in [0.15, 0.2) is 5.78 Å². The van der Waals surface area contributed by atoms with E-state index in [0.29, 0.717) is 17.6 Å². The number of hydrogen-bond donors (Lipinski definition) is 0. The first kappa shape index (κ1) is 29.6. The molecule has 3 aliphatic carbocycles. The summed E-state index contributed by atoms with van der Waals surface area (Å²) < 4.78 is 0. The van der Waals surface area contributed by atoms with E-state index in [9.17, 15) is 4.79 Å². The Morgan fingerprint density at radius 1 is 0.789 bits per heavy atom. The van der Waals surface area contributed by atoms with Crippen LogP contribution >= 0.6 is 0 Å². The number of unbranched alkanes of at least 4 members (excludes halogenated alkanes) is 5. The van der Waals surface area contributed by atoms with Crippen molar-refractivity contribution < 1.29 is 4.79 Å². The average Bonchev–Trinajstić information content (AvgIpc) is 2.95. The van der Waals surface area contributed by atoms with Crippen molar-refractivity contribution in [2.75, 3.05) is 0 Å². The molecule has 0 amide bonds. The predicted octanol–water partition coefficient (Wildman–Crippen LogP) is 11.3. The van der Waals surface area contributed by atoms with Gasteiger partial charge in [-0.05, 0) is 110 Å².